The fraction of sp³-hybridized carbons (Fsp3) is 0.154. The van der Waals surface area contributed by atoms with Crippen LogP contribution in [0.4, 0.5) is 4.39 Å². The van der Waals surface area contributed by atoms with E-state index in [4.69, 9.17) is 21.4 Å². The second-order valence-electron chi connectivity index (χ2n) is 3.86. The van der Waals surface area contributed by atoms with E-state index in [1.807, 2.05) is 0 Å². The third-order valence-corrected chi connectivity index (χ3v) is 3.74. The molecule has 1 heterocycles. The van der Waals surface area contributed by atoms with Crippen LogP contribution in [0.15, 0.2) is 24.3 Å². The Morgan fingerprint density at radius 2 is 2.26 bits per heavy atom. The quantitative estimate of drug-likeness (QED) is 0.923. The first-order valence-corrected chi connectivity index (χ1v) is 6.58. The first-order chi connectivity index (χ1) is 8.99. The van der Waals surface area contributed by atoms with Crippen LogP contribution in [-0.4, -0.2) is 11.1 Å². The molecule has 100 valence electrons. The fourth-order valence-corrected chi connectivity index (χ4v) is 2.55. The van der Waals surface area contributed by atoms with E-state index in [0.717, 1.165) is 16.2 Å². The van der Waals surface area contributed by atoms with E-state index in [0.29, 0.717) is 0 Å². The molecule has 0 fully saturated rings. The first-order valence-electron chi connectivity index (χ1n) is 5.38. The molecule has 0 bridgehead atoms. The Morgan fingerprint density at radius 3 is 2.95 bits per heavy atom. The van der Waals surface area contributed by atoms with Crippen molar-refractivity contribution in [1.29, 1.82) is 0 Å². The molecule has 1 aromatic carbocycles. The summed E-state index contributed by atoms with van der Waals surface area (Å²) in [5, 5.41) is 9.02. The van der Waals surface area contributed by atoms with Crippen molar-refractivity contribution in [3.05, 3.63) is 50.4 Å². The molecule has 6 heteroatoms. The van der Waals surface area contributed by atoms with Gasteiger partial charge in [-0.3, -0.25) is 0 Å². The zero-order valence-corrected chi connectivity index (χ0v) is 11.5. The number of hydrogen-bond acceptors (Lipinski definition) is 3. The van der Waals surface area contributed by atoms with Crippen LogP contribution < -0.4 is 4.74 Å². The minimum Gasteiger partial charge on any atom is -0.487 e. The molecular formula is C13H10ClFO3S. The number of benzene rings is 1. The van der Waals surface area contributed by atoms with Gasteiger partial charge in [0.05, 0.1) is 5.02 Å². The summed E-state index contributed by atoms with van der Waals surface area (Å²) < 4.78 is 19.0. The Bertz CT molecular complexity index is 624. The molecule has 0 amide bonds. The van der Waals surface area contributed by atoms with Crippen molar-refractivity contribution in [3.8, 4) is 5.75 Å². The second kappa shape index (κ2) is 5.59. The van der Waals surface area contributed by atoms with Gasteiger partial charge in [-0.25, -0.2) is 9.18 Å². The highest BCUT2D eigenvalue weighted by atomic mass is 35.5. The van der Waals surface area contributed by atoms with E-state index in [1.54, 1.807) is 25.1 Å². The van der Waals surface area contributed by atoms with Crippen LogP contribution in [0.2, 0.25) is 5.02 Å². The van der Waals surface area contributed by atoms with Gasteiger partial charge in [0.2, 0.25) is 0 Å². The van der Waals surface area contributed by atoms with Crippen LogP contribution in [-0.2, 0) is 6.61 Å². The molecule has 0 aliphatic heterocycles. The predicted molar refractivity (Wildman–Crippen MR) is 71.8 cm³/mol. The summed E-state index contributed by atoms with van der Waals surface area (Å²) in [7, 11) is 0. The number of carboxylic acids is 1. The van der Waals surface area contributed by atoms with Crippen molar-refractivity contribution in [2.75, 3.05) is 0 Å². The molecule has 2 aromatic rings. The molecule has 19 heavy (non-hydrogen) atoms. The third kappa shape index (κ3) is 3.05. The fourth-order valence-electron chi connectivity index (χ4n) is 1.56. The molecule has 0 spiro atoms. The lowest BCUT2D eigenvalue weighted by molar-refractivity contribution is 0.0697. The van der Waals surface area contributed by atoms with Gasteiger partial charge in [0, 0.05) is 10.4 Å². The molecule has 0 saturated heterocycles. The standard InChI is InChI=1S/C13H10ClFO3S/c1-7-5-10(12(19-7)13(16)17)18-6-8-3-2-4-9(14)11(8)15/h2-5H,6H2,1H3,(H,16,17). The molecule has 3 nitrogen and oxygen atoms in total. The normalized spacial score (nSPS) is 10.5. The second-order valence-corrected chi connectivity index (χ2v) is 5.52. The topological polar surface area (TPSA) is 46.5 Å². The van der Waals surface area contributed by atoms with Crippen molar-refractivity contribution in [2.45, 2.75) is 13.5 Å². The van der Waals surface area contributed by atoms with E-state index < -0.39 is 11.8 Å². The van der Waals surface area contributed by atoms with Gasteiger partial charge in [-0.1, -0.05) is 23.7 Å². The van der Waals surface area contributed by atoms with Crippen LogP contribution in [0, 0.1) is 12.7 Å². The van der Waals surface area contributed by atoms with Crippen LogP contribution in [0.1, 0.15) is 20.1 Å². The summed E-state index contributed by atoms with van der Waals surface area (Å²) in [5.74, 6) is -1.36. The maximum atomic E-state index is 13.6. The third-order valence-electron chi connectivity index (χ3n) is 2.43. The van der Waals surface area contributed by atoms with Gasteiger partial charge >= 0.3 is 5.97 Å². The smallest absolute Gasteiger partial charge is 0.349 e. The molecule has 0 aliphatic carbocycles. The molecule has 0 aliphatic rings. The van der Waals surface area contributed by atoms with E-state index in [9.17, 15) is 9.18 Å². The molecule has 2 rings (SSSR count). The lowest BCUT2D eigenvalue weighted by Gasteiger charge is -2.07. The van der Waals surface area contributed by atoms with Gasteiger partial charge in [0.25, 0.3) is 0 Å². The van der Waals surface area contributed by atoms with Gasteiger partial charge < -0.3 is 9.84 Å². The van der Waals surface area contributed by atoms with Crippen molar-refractivity contribution < 1.29 is 19.0 Å². The number of rotatable bonds is 4. The average Bonchev–Trinajstić information content (AvgIpc) is 2.73. The Kier molecular flexibility index (Phi) is 4.07. The summed E-state index contributed by atoms with van der Waals surface area (Å²) in [4.78, 5) is 11.9. The highest BCUT2D eigenvalue weighted by Crippen LogP contribution is 2.30. The number of hydrogen-bond donors (Lipinski definition) is 1. The van der Waals surface area contributed by atoms with Gasteiger partial charge in [-0.15, -0.1) is 11.3 Å². The highest BCUT2D eigenvalue weighted by Gasteiger charge is 2.16. The Morgan fingerprint density at radius 1 is 1.53 bits per heavy atom. The summed E-state index contributed by atoms with van der Waals surface area (Å²) in [6, 6.07) is 6.22. The van der Waals surface area contributed by atoms with E-state index in [-0.39, 0.29) is 27.8 Å². The Labute approximate surface area is 118 Å². The summed E-state index contributed by atoms with van der Waals surface area (Å²) in [6.45, 7) is 1.72. The first kappa shape index (κ1) is 13.8. The lowest BCUT2D eigenvalue weighted by Crippen LogP contribution is -2.02. The van der Waals surface area contributed by atoms with Crippen molar-refractivity contribution in [3.63, 3.8) is 0 Å². The summed E-state index contributed by atoms with van der Waals surface area (Å²) in [5.41, 5.74) is 0.285. The lowest BCUT2D eigenvalue weighted by atomic mass is 10.2. The number of ether oxygens (including phenoxy) is 1. The zero-order valence-electron chi connectivity index (χ0n) is 9.94. The highest BCUT2D eigenvalue weighted by molar-refractivity contribution is 7.14. The van der Waals surface area contributed by atoms with Gasteiger partial charge in [-0.05, 0) is 19.1 Å². The average molecular weight is 301 g/mol. The van der Waals surface area contributed by atoms with Crippen LogP contribution >= 0.6 is 22.9 Å². The van der Waals surface area contributed by atoms with Gasteiger partial charge in [-0.2, -0.15) is 0 Å². The van der Waals surface area contributed by atoms with Crippen LogP contribution in [0.5, 0.6) is 5.75 Å². The maximum absolute atomic E-state index is 13.6. The Hall–Kier alpha value is -1.59. The van der Waals surface area contributed by atoms with E-state index in [1.165, 1.54) is 6.07 Å². The zero-order chi connectivity index (χ0) is 14.0. The number of carbonyl (C=O) groups is 1. The summed E-state index contributed by atoms with van der Waals surface area (Å²) >= 11 is 6.78. The van der Waals surface area contributed by atoms with Crippen molar-refractivity contribution in [1.82, 2.24) is 0 Å². The van der Waals surface area contributed by atoms with Crippen molar-refractivity contribution in [2.24, 2.45) is 0 Å². The molecular weight excluding hydrogens is 291 g/mol. The van der Waals surface area contributed by atoms with E-state index in [2.05, 4.69) is 0 Å². The van der Waals surface area contributed by atoms with Crippen LogP contribution in [0.3, 0.4) is 0 Å². The number of carboxylic acid groups (broad SMARTS) is 1. The molecule has 1 aromatic heterocycles. The molecule has 0 radical (unpaired) electrons. The summed E-state index contributed by atoms with van der Waals surface area (Å²) in [6.07, 6.45) is 0. The minimum absolute atomic E-state index is 0.0149. The van der Waals surface area contributed by atoms with Crippen molar-refractivity contribution >= 4 is 28.9 Å². The number of aromatic carboxylic acids is 1. The monoisotopic (exact) mass is 300 g/mol. The van der Waals surface area contributed by atoms with E-state index >= 15 is 0 Å². The SMILES string of the molecule is Cc1cc(OCc2cccc(Cl)c2F)c(C(=O)O)s1. The number of aryl methyl sites for hydroxylation is 1. The Balaban J connectivity index is 2.19. The molecule has 1 N–H and O–H groups in total. The molecule has 0 unspecified atom stereocenters. The largest absolute Gasteiger partial charge is 0.487 e. The predicted octanol–water partition coefficient (Wildman–Crippen LogP) is 4.13. The number of thiophene rings is 1. The molecule has 0 saturated carbocycles. The van der Waals surface area contributed by atoms with Crippen LogP contribution in [0.25, 0.3) is 0 Å². The minimum atomic E-state index is -1.06. The number of halogens is 2. The maximum Gasteiger partial charge on any atom is 0.349 e. The molecule has 0 atom stereocenters. The van der Waals surface area contributed by atoms with Gasteiger partial charge in [0.15, 0.2) is 4.88 Å². The van der Waals surface area contributed by atoms with Gasteiger partial charge in [0.1, 0.15) is 18.2 Å².